The molecular weight excluding hydrogens is 409 g/mol. The van der Waals surface area contributed by atoms with Crippen LogP contribution in [0.2, 0.25) is 0 Å². The summed E-state index contributed by atoms with van der Waals surface area (Å²) in [6, 6.07) is 7.57. The standard InChI is InChI=1S/C17H11F3N6O2S/c18-17(19,20)7-28-11-2-3-12-13(5-11)29-16(24-12)25-15(27)10-1-4-14(22-6-10)26-9-21-8-23-26/h1-6,8-9H,7H2,(H,24,25,27). The van der Waals surface area contributed by atoms with E-state index in [1.165, 1.54) is 41.7 Å². The minimum absolute atomic E-state index is 0.0734. The minimum Gasteiger partial charge on any atom is -0.484 e. The molecule has 0 aliphatic rings. The molecule has 0 atom stereocenters. The van der Waals surface area contributed by atoms with Gasteiger partial charge in [0.25, 0.3) is 5.91 Å². The third kappa shape index (κ3) is 4.48. The fourth-order valence-corrected chi connectivity index (χ4v) is 3.25. The summed E-state index contributed by atoms with van der Waals surface area (Å²) in [4.78, 5) is 24.6. The van der Waals surface area contributed by atoms with E-state index in [9.17, 15) is 18.0 Å². The molecule has 3 aromatic heterocycles. The van der Waals surface area contributed by atoms with Crippen molar-refractivity contribution in [3.63, 3.8) is 0 Å². The zero-order valence-corrected chi connectivity index (χ0v) is 15.2. The fourth-order valence-electron chi connectivity index (χ4n) is 2.37. The second-order valence-electron chi connectivity index (χ2n) is 5.75. The van der Waals surface area contributed by atoms with Crippen LogP contribution in [0.1, 0.15) is 10.4 Å². The van der Waals surface area contributed by atoms with Crippen molar-refractivity contribution in [2.45, 2.75) is 6.18 Å². The topological polar surface area (TPSA) is 94.8 Å². The maximum absolute atomic E-state index is 12.4. The van der Waals surface area contributed by atoms with Crippen molar-refractivity contribution in [3.8, 4) is 11.6 Å². The van der Waals surface area contributed by atoms with Gasteiger partial charge in [-0.1, -0.05) is 11.3 Å². The summed E-state index contributed by atoms with van der Waals surface area (Å²) in [7, 11) is 0. The summed E-state index contributed by atoms with van der Waals surface area (Å²) in [6.45, 7) is -1.38. The summed E-state index contributed by atoms with van der Waals surface area (Å²) in [5.41, 5.74) is 0.839. The van der Waals surface area contributed by atoms with Crippen molar-refractivity contribution >= 4 is 32.6 Å². The number of hydrogen-bond donors (Lipinski definition) is 1. The largest absolute Gasteiger partial charge is 0.484 e. The van der Waals surface area contributed by atoms with Gasteiger partial charge in [-0.3, -0.25) is 10.1 Å². The van der Waals surface area contributed by atoms with Crippen molar-refractivity contribution in [1.29, 1.82) is 0 Å². The molecule has 0 radical (unpaired) electrons. The molecule has 0 aliphatic heterocycles. The number of carbonyl (C=O) groups is 1. The molecule has 0 bridgehead atoms. The zero-order chi connectivity index (χ0) is 20.4. The SMILES string of the molecule is O=C(Nc1nc2ccc(OCC(F)(F)F)cc2s1)c1ccc(-n2cncn2)nc1. The molecule has 0 saturated carbocycles. The molecule has 0 fully saturated rings. The highest BCUT2D eigenvalue weighted by Crippen LogP contribution is 2.30. The Hall–Kier alpha value is -3.54. The monoisotopic (exact) mass is 420 g/mol. The van der Waals surface area contributed by atoms with Crippen molar-refractivity contribution in [3.05, 3.63) is 54.7 Å². The molecule has 3 heterocycles. The number of carbonyl (C=O) groups excluding carboxylic acids is 1. The molecule has 12 heteroatoms. The van der Waals surface area contributed by atoms with E-state index in [-0.39, 0.29) is 5.75 Å². The molecule has 0 spiro atoms. The number of thiazole rings is 1. The van der Waals surface area contributed by atoms with Gasteiger partial charge >= 0.3 is 6.18 Å². The summed E-state index contributed by atoms with van der Waals surface area (Å²) in [6.07, 6.45) is -0.174. The third-order valence-corrected chi connectivity index (χ3v) is 4.58. The number of hydrogen-bond acceptors (Lipinski definition) is 7. The number of halogens is 3. The van der Waals surface area contributed by atoms with Crippen LogP contribution in [0.15, 0.2) is 49.2 Å². The van der Waals surface area contributed by atoms with Gasteiger partial charge < -0.3 is 4.74 Å². The maximum Gasteiger partial charge on any atom is 0.422 e. The smallest absolute Gasteiger partial charge is 0.422 e. The molecule has 0 saturated heterocycles. The van der Waals surface area contributed by atoms with Gasteiger partial charge in [0.05, 0.1) is 15.8 Å². The number of ether oxygens (including phenoxy) is 1. The Morgan fingerprint density at radius 2 is 2.10 bits per heavy atom. The first-order chi connectivity index (χ1) is 13.9. The second-order valence-corrected chi connectivity index (χ2v) is 6.78. The third-order valence-electron chi connectivity index (χ3n) is 3.65. The summed E-state index contributed by atoms with van der Waals surface area (Å²) in [5.74, 6) is 0.157. The van der Waals surface area contributed by atoms with E-state index in [0.717, 1.165) is 11.3 Å². The Bertz CT molecular complexity index is 1140. The number of alkyl halides is 3. The second kappa shape index (κ2) is 7.47. The highest BCUT2D eigenvalue weighted by atomic mass is 32.1. The number of fused-ring (bicyclic) bond motifs is 1. The van der Waals surface area contributed by atoms with Gasteiger partial charge in [0.2, 0.25) is 0 Å². The molecule has 1 amide bonds. The molecule has 1 N–H and O–H groups in total. The van der Waals surface area contributed by atoms with E-state index >= 15 is 0 Å². The van der Waals surface area contributed by atoms with Crippen molar-refractivity contribution in [1.82, 2.24) is 24.7 Å². The average Bonchev–Trinajstić information content (AvgIpc) is 3.35. The van der Waals surface area contributed by atoms with Crippen LogP contribution in [0.5, 0.6) is 5.75 Å². The van der Waals surface area contributed by atoms with Crippen molar-refractivity contribution < 1.29 is 22.7 Å². The summed E-state index contributed by atoms with van der Waals surface area (Å²) >= 11 is 1.12. The molecular formula is C17H11F3N6O2S. The van der Waals surface area contributed by atoms with Crippen LogP contribution in [0.25, 0.3) is 16.0 Å². The number of rotatable bonds is 5. The first-order valence-corrected chi connectivity index (χ1v) is 8.91. The number of aromatic nitrogens is 5. The van der Waals surface area contributed by atoms with E-state index < -0.39 is 18.7 Å². The normalized spacial score (nSPS) is 11.6. The van der Waals surface area contributed by atoms with Crippen LogP contribution in [0, 0.1) is 0 Å². The Kier molecular flexibility index (Phi) is 4.84. The lowest BCUT2D eigenvalue weighted by Crippen LogP contribution is -2.19. The fraction of sp³-hybridized carbons (Fsp3) is 0.118. The molecule has 0 unspecified atom stereocenters. The van der Waals surface area contributed by atoms with E-state index in [1.54, 1.807) is 12.1 Å². The van der Waals surface area contributed by atoms with E-state index in [2.05, 4.69) is 25.4 Å². The van der Waals surface area contributed by atoms with E-state index in [0.29, 0.717) is 26.7 Å². The zero-order valence-electron chi connectivity index (χ0n) is 14.4. The predicted octanol–water partition coefficient (Wildman–Crippen LogP) is 3.47. The van der Waals surface area contributed by atoms with Crippen LogP contribution in [-0.4, -0.2) is 43.4 Å². The van der Waals surface area contributed by atoms with Gasteiger partial charge in [-0.2, -0.15) is 18.3 Å². The predicted molar refractivity (Wildman–Crippen MR) is 98.3 cm³/mol. The number of nitrogens with zero attached hydrogens (tertiary/aromatic N) is 5. The van der Waals surface area contributed by atoms with E-state index in [4.69, 9.17) is 4.74 Å². The van der Waals surface area contributed by atoms with Crippen molar-refractivity contribution in [2.24, 2.45) is 0 Å². The number of amides is 1. The van der Waals surface area contributed by atoms with Crippen molar-refractivity contribution in [2.75, 3.05) is 11.9 Å². The lowest BCUT2D eigenvalue weighted by Gasteiger charge is -2.08. The van der Waals surface area contributed by atoms with Gasteiger partial charge in [-0.25, -0.2) is 19.6 Å². The van der Waals surface area contributed by atoms with Gasteiger partial charge in [-0.15, -0.1) is 0 Å². The lowest BCUT2D eigenvalue weighted by atomic mass is 10.2. The number of benzene rings is 1. The first kappa shape index (κ1) is 18.8. The lowest BCUT2D eigenvalue weighted by molar-refractivity contribution is -0.153. The Morgan fingerprint density at radius 1 is 1.24 bits per heavy atom. The number of anilines is 1. The van der Waals surface area contributed by atoms with Crippen LogP contribution < -0.4 is 10.1 Å². The van der Waals surface area contributed by atoms with Crippen LogP contribution in [0.4, 0.5) is 18.3 Å². The highest BCUT2D eigenvalue weighted by Gasteiger charge is 2.28. The number of pyridine rings is 1. The molecule has 0 aliphatic carbocycles. The molecule has 29 heavy (non-hydrogen) atoms. The number of nitrogens with one attached hydrogen (secondary N) is 1. The highest BCUT2D eigenvalue weighted by molar-refractivity contribution is 7.22. The minimum atomic E-state index is -4.42. The van der Waals surface area contributed by atoms with Gasteiger partial charge in [-0.05, 0) is 30.3 Å². The van der Waals surface area contributed by atoms with Crippen LogP contribution in [0.3, 0.4) is 0 Å². The quantitative estimate of drug-likeness (QED) is 0.531. The molecule has 1 aromatic carbocycles. The Labute approximate surface area is 165 Å². The molecule has 8 nitrogen and oxygen atoms in total. The van der Waals surface area contributed by atoms with Gasteiger partial charge in [0.15, 0.2) is 17.6 Å². The van der Waals surface area contributed by atoms with Gasteiger partial charge in [0.1, 0.15) is 18.4 Å². The Balaban J connectivity index is 1.46. The molecule has 4 aromatic rings. The Morgan fingerprint density at radius 3 is 2.79 bits per heavy atom. The molecule has 4 rings (SSSR count). The van der Waals surface area contributed by atoms with Crippen LogP contribution >= 0.6 is 11.3 Å². The average molecular weight is 420 g/mol. The molecule has 148 valence electrons. The van der Waals surface area contributed by atoms with E-state index in [1.807, 2.05) is 0 Å². The maximum atomic E-state index is 12.4. The van der Waals surface area contributed by atoms with Gasteiger partial charge in [0, 0.05) is 6.20 Å². The summed E-state index contributed by atoms with van der Waals surface area (Å²) < 4.78 is 43.6. The first-order valence-electron chi connectivity index (χ1n) is 8.10. The summed E-state index contributed by atoms with van der Waals surface area (Å²) in [5, 5.41) is 6.90. The van der Waals surface area contributed by atoms with Crippen LogP contribution in [-0.2, 0) is 0 Å².